The zero-order valence-electron chi connectivity index (χ0n) is 39.1. The summed E-state index contributed by atoms with van der Waals surface area (Å²) in [5.41, 5.74) is 0. The van der Waals surface area contributed by atoms with Crippen molar-refractivity contribution in [3.63, 3.8) is 0 Å². The first-order valence-corrected chi connectivity index (χ1v) is 26.7. The van der Waals surface area contributed by atoms with E-state index in [9.17, 15) is 50.0 Å². The third-order valence-electron chi connectivity index (χ3n) is 12.4. The first-order chi connectivity index (χ1) is 29.8. The minimum absolute atomic E-state index is 0.240. The number of amides is 1. The number of carbonyl (C=O) groups is 1. The van der Waals surface area contributed by atoms with Crippen LogP contribution < -0.4 is 5.32 Å². The number of aliphatic hydroxyl groups is 7. The molecule has 1 aliphatic carbocycles. The molecule has 0 bridgehead atoms. The number of hydrogen-bond donors (Lipinski definition) is 9. The van der Waals surface area contributed by atoms with Crippen LogP contribution in [0.1, 0.15) is 226 Å². The van der Waals surface area contributed by atoms with E-state index in [0.29, 0.717) is 12.8 Å². The molecule has 0 aromatic heterocycles. The Labute approximate surface area is 376 Å². The molecule has 0 aliphatic heterocycles. The van der Waals surface area contributed by atoms with Gasteiger partial charge in [0.25, 0.3) is 0 Å². The van der Waals surface area contributed by atoms with Crippen molar-refractivity contribution >= 4 is 13.7 Å². The average Bonchev–Trinajstić information content (AvgIpc) is 3.24. The highest BCUT2D eigenvalue weighted by molar-refractivity contribution is 7.47. The van der Waals surface area contributed by atoms with Gasteiger partial charge in [0, 0.05) is 0 Å². The molecule has 0 heterocycles. The van der Waals surface area contributed by atoms with Crippen LogP contribution in [-0.2, 0) is 18.4 Å². The van der Waals surface area contributed by atoms with E-state index in [1.54, 1.807) is 6.08 Å². The van der Waals surface area contributed by atoms with Crippen LogP contribution >= 0.6 is 7.82 Å². The molecule has 0 aromatic carbocycles. The molecule has 8 unspecified atom stereocenters. The molecule has 14 heteroatoms. The topological polar surface area (TPSA) is 226 Å². The summed E-state index contributed by atoms with van der Waals surface area (Å²) in [6.07, 6.45) is 27.2. The van der Waals surface area contributed by atoms with Gasteiger partial charge in [-0.2, -0.15) is 0 Å². The summed E-state index contributed by atoms with van der Waals surface area (Å²) in [5.74, 6) is -0.589. The maximum atomic E-state index is 13.0. The number of hydrogen-bond acceptors (Lipinski definition) is 11. The maximum absolute atomic E-state index is 13.0. The zero-order valence-corrected chi connectivity index (χ0v) is 39.9. The Bertz CT molecular complexity index is 1120. The number of unbranched alkanes of at least 4 members (excludes halogenated alkanes) is 29. The summed E-state index contributed by atoms with van der Waals surface area (Å²) in [6, 6.07) is -1.24. The van der Waals surface area contributed by atoms with E-state index >= 15 is 0 Å². The summed E-state index contributed by atoms with van der Waals surface area (Å²) in [6.45, 7) is 3.76. The Morgan fingerprint density at radius 2 is 0.919 bits per heavy atom. The van der Waals surface area contributed by atoms with Gasteiger partial charge >= 0.3 is 7.82 Å². The number of carbonyl (C=O) groups excluding carboxylic acids is 1. The molecule has 0 saturated heterocycles. The normalized spacial score (nSPS) is 23.1. The highest BCUT2D eigenvalue weighted by Gasteiger charge is 2.51. The molecule has 1 fully saturated rings. The molecule has 1 aliphatic rings. The van der Waals surface area contributed by atoms with Gasteiger partial charge in [-0.15, -0.1) is 0 Å². The zero-order chi connectivity index (χ0) is 45.9. The Morgan fingerprint density at radius 3 is 1.32 bits per heavy atom. The largest absolute Gasteiger partial charge is 0.472 e. The van der Waals surface area contributed by atoms with Crippen molar-refractivity contribution in [2.24, 2.45) is 0 Å². The van der Waals surface area contributed by atoms with E-state index in [0.717, 1.165) is 44.9 Å². The molecule has 1 amide bonds. The highest BCUT2D eigenvalue weighted by atomic mass is 31.2. The van der Waals surface area contributed by atoms with Gasteiger partial charge in [-0.05, 0) is 19.3 Å². The standard InChI is InChI=1S/C48H94NO12P/c1-3-5-7-9-11-13-15-17-18-19-20-21-22-24-26-28-30-32-34-36-41(51)40(38-60-62(58,59)61-48-46(56)44(54)43(53)45(55)47(48)57)49-42(52)37-39(50)35-33-31-29-27-25-23-16-14-12-10-8-6-4-2/h34,36,39-41,43-48,50-51,53-57H,3-33,35,37-38H2,1-2H3,(H,49,52)(H,58,59)/b36-34+. The van der Waals surface area contributed by atoms with Crippen molar-refractivity contribution < 1.29 is 59.0 Å². The molecule has 1 saturated carbocycles. The van der Waals surface area contributed by atoms with Crippen LogP contribution in [0.2, 0.25) is 0 Å². The van der Waals surface area contributed by atoms with Gasteiger partial charge in [0.2, 0.25) is 5.91 Å². The van der Waals surface area contributed by atoms with E-state index in [4.69, 9.17) is 9.05 Å². The van der Waals surface area contributed by atoms with Gasteiger partial charge < -0.3 is 46.0 Å². The summed E-state index contributed by atoms with van der Waals surface area (Å²) in [5, 5.41) is 74.6. The Hall–Kier alpha value is -0.960. The maximum Gasteiger partial charge on any atom is 0.472 e. The summed E-state index contributed by atoms with van der Waals surface area (Å²) in [7, 11) is -5.14. The lowest BCUT2D eigenvalue weighted by Gasteiger charge is -2.41. The van der Waals surface area contributed by atoms with Crippen molar-refractivity contribution in [2.45, 2.75) is 281 Å². The summed E-state index contributed by atoms with van der Waals surface area (Å²) in [4.78, 5) is 23.5. The molecule has 0 radical (unpaired) electrons. The smallest absolute Gasteiger partial charge is 0.393 e. The Balaban J connectivity index is 2.50. The van der Waals surface area contributed by atoms with Crippen molar-refractivity contribution in [2.75, 3.05) is 6.61 Å². The van der Waals surface area contributed by atoms with Crippen LogP contribution in [0, 0.1) is 0 Å². The third-order valence-corrected chi connectivity index (χ3v) is 13.4. The fourth-order valence-electron chi connectivity index (χ4n) is 8.24. The van der Waals surface area contributed by atoms with Crippen molar-refractivity contribution in [1.82, 2.24) is 5.32 Å². The molecule has 9 N–H and O–H groups in total. The minimum Gasteiger partial charge on any atom is -0.393 e. The molecule has 368 valence electrons. The second kappa shape index (κ2) is 38.2. The third kappa shape index (κ3) is 29.5. The predicted molar refractivity (Wildman–Crippen MR) is 247 cm³/mol. The fourth-order valence-corrected chi connectivity index (χ4v) is 9.21. The van der Waals surface area contributed by atoms with Crippen LogP contribution in [0.15, 0.2) is 12.2 Å². The minimum atomic E-state index is -5.14. The van der Waals surface area contributed by atoms with Gasteiger partial charge in [-0.25, -0.2) is 4.57 Å². The van der Waals surface area contributed by atoms with Gasteiger partial charge in [0.1, 0.15) is 36.6 Å². The lowest BCUT2D eigenvalue weighted by atomic mass is 9.85. The molecular weight excluding hydrogens is 813 g/mol. The molecule has 0 spiro atoms. The van der Waals surface area contributed by atoms with E-state index in [1.807, 2.05) is 0 Å². The molecule has 1 rings (SSSR count). The quantitative estimate of drug-likeness (QED) is 0.0159. The number of phosphoric ester groups is 1. The van der Waals surface area contributed by atoms with Gasteiger partial charge in [0.05, 0.1) is 31.3 Å². The Morgan fingerprint density at radius 1 is 0.565 bits per heavy atom. The SMILES string of the molecule is CCCCCCCCCCCCCCCCCCC/C=C/C(O)C(COP(=O)(O)OC1C(O)C(O)C(O)C(O)C1O)NC(=O)CC(O)CCCCCCCCCCCCCCC. The lowest BCUT2D eigenvalue weighted by molar-refractivity contribution is -0.220. The van der Waals surface area contributed by atoms with E-state index < -0.39 is 75.2 Å². The number of aliphatic hydroxyl groups excluding tert-OH is 7. The van der Waals surface area contributed by atoms with Crippen molar-refractivity contribution in [3.05, 3.63) is 12.2 Å². The molecule has 13 nitrogen and oxygen atoms in total. The van der Waals surface area contributed by atoms with Gasteiger partial charge in [-0.1, -0.05) is 212 Å². The second-order valence-electron chi connectivity index (χ2n) is 18.2. The fraction of sp³-hybridized carbons (Fsp3) is 0.938. The molecule has 8 atom stereocenters. The number of allylic oxidation sites excluding steroid dienone is 1. The number of rotatable bonds is 42. The lowest BCUT2D eigenvalue weighted by Crippen LogP contribution is -2.64. The van der Waals surface area contributed by atoms with Gasteiger partial charge in [0.15, 0.2) is 0 Å². The summed E-state index contributed by atoms with van der Waals surface area (Å²) < 4.78 is 22.9. The van der Waals surface area contributed by atoms with Crippen molar-refractivity contribution in [3.8, 4) is 0 Å². The van der Waals surface area contributed by atoms with Crippen LogP contribution in [0.25, 0.3) is 0 Å². The molecule has 0 aromatic rings. The average molecular weight is 908 g/mol. The first-order valence-electron chi connectivity index (χ1n) is 25.2. The number of nitrogens with one attached hydrogen (secondary N) is 1. The van der Waals surface area contributed by atoms with E-state index in [2.05, 4.69) is 19.2 Å². The second-order valence-corrected chi connectivity index (χ2v) is 19.6. The highest BCUT2D eigenvalue weighted by Crippen LogP contribution is 2.47. The van der Waals surface area contributed by atoms with Crippen LogP contribution in [0.5, 0.6) is 0 Å². The first kappa shape index (κ1) is 59.1. The Kier molecular flexibility index (Phi) is 36.4. The van der Waals surface area contributed by atoms with Gasteiger partial charge in [-0.3, -0.25) is 13.8 Å². The summed E-state index contributed by atoms with van der Waals surface area (Å²) >= 11 is 0. The van der Waals surface area contributed by atoms with Crippen LogP contribution in [0.4, 0.5) is 0 Å². The van der Waals surface area contributed by atoms with Crippen LogP contribution in [-0.4, -0.2) is 108 Å². The van der Waals surface area contributed by atoms with E-state index in [1.165, 1.54) is 154 Å². The molecule has 62 heavy (non-hydrogen) atoms. The van der Waals surface area contributed by atoms with Crippen molar-refractivity contribution in [1.29, 1.82) is 0 Å². The predicted octanol–water partition coefficient (Wildman–Crippen LogP) is 8.98. The monoisotopic (exact) mass is 908 g/mol. The number of phosphoric acid groups is 1. The van der Waals surface area contributed by atoms with Crippen LogP contribution in [0.3, 0.4) is 0 Å². The van der Waals surface area contributed by atoms with E-state index in [-0.39, 0.29) is 6.42 Å². The molecular formula is C48H94NO12P.